The maximum atomic E-state index is 13.0. The number of carbonyl (C=O) groups excluding carboxylic acids is 1. The van der Waals surface area contributed by atoms with E-state index in [0.717, 1.165) is 38.5 Å². The Morgan fingerprint density at radius 3 is 2.79 bits per heavy atom. The van der Waals surface area contributed by atoms with E-state index in [9.17, 15) is 18.0 Å². The summed E-state index contributed by atoms with van der Waals surface area (Å²) in [7, 11) is 0. The van der Waals surface area contributed by atoms with Crippen molar-refractivity contribution >= 4 is 11.6 Å². The first-order chi connectivity index (χ1) is 18.3. The van der Waals surface area contributed by atoms with Crippen LogP contribution in [0.3, 0.4) is 0 Å². The molecule has 4 rings (SSSR count). The van der Waals surface area contributed by atoms with Gasteiger partial charge in [-0.25, -0.2) is 4.98 Å². The molecule has 38 heavy (non-hydrogen) atoms. The number of nitrogens with one attached hydrogen (secondary N) is 3. The Labute approximate surface area is 218 Å². The molecule has 0 aliphatic carbocycles. The number of imidazole rings is 1. The lowest BCUT2D eigenvalue weighted by Crippen LogP contribution is -2.29. The van der Waals surface area contributed by atoms with E-state index in [1.54, 1.807) is 36.4 Å². The number of benzene rings is 2. The quantitative estimate of drug-likeness (QED) is 0.296. The second-order valence-electron chi connectivity index (χ2n) is 8.95. The average Bonchev–Trinajstić information content (AvgIpc) is 3.43. The van der Waals surface area contributed by atoms with Crippen LogP contribution in [0, 0.1) is 29.1 Å². The molecule has 1 aromatic heterocycles. The fourth-order valence-corrected chi connectivity index (χ4v) is 4.19. The number of ether oxygens (including phenoxy) is 1. The zero-order valence-electron chi connectivity index (χ0n) is 20.5. The normalized spacial score (nSPS) is 15.2. The van der Waals surface area contributed by atoms with Crippen LogP contribution in [0.15, 0.2) is 48.7 Å². The molecule has 1 fully saturated rings. The third kappa shape index (κ3) is 7.37. The number of carbonyl (C=O) groups is 1. The van der Waals surface area contributed by atoms with Crippen molar-refractivity contribution < 1.29 is 22.7 Å². The van der Waals surface area contributed by atoms with Gasteiger partial charge in [-0.15, -0.1) is 0 Å². The molecule has 1 saturated heterocycles. The highest BCUT2D eigenvalue weighted by Gasteiger charge is 2.33. The van der Waals surface area contributed by atoms with Gasteiger partial charge in [0.2, 0.25) is 0 Å². The van der Waals surface area contributed by atoms with Crippen molar-refractivity contribution in [2.45, 2.75) is 31.9 Å². The molecule has 1 aliphatic heterocycles. The lowest BCUT2D eigenvalue weighted by atomic mass is 9.95. The topological polar surface area (TPSA) is 103 Å². The average molecular weight is 522 g/mol. The molecule has 0 saturated carbocycles. The summed E-state index contributed by atoms with van der Waals surface area (Å²) < 4.78 is 45.0. The van der Waals surface area contributed by atoms with Crippen LogP contribution >= 0.6 is 0 Å². The van der Waals surface area contributed by atoms with E-state index in [2.05, 4.69) is 32.4 Å². The zero-order chi connectivity index (χ0) is 27.0. The Morgan fingerprint density at radius 1 is 1.21 bits per heavy atom. The monoisotopic (exact) mass is 521 g/mol. The van der Waals surface area contributed by atoms with Crippen LogP contribution in [0.1, 0.15) is 42.5 Å². The van der Waals surface area contributed by atoms with Crippen LogP contribution in [0.4, 0.5) is 18.9 Å². The summed E-state index contributed by atoms with van der Waals surface area (Å²) in [4.78, 5) is 18.7. The van der Waals surface area contributed by atoms with E-state index in [1.165, 1.54) is 12.5 Å². The van der Waals surface area contributed by atoms with Gasteiger partial charge in [0.25, 0.3) is 0 Å². The van der Waals surface area contributed by atoms with Crippen LogP contribution in [0.5, 0.6) is 5.75 Å². The molecular formula is C28H26F3N5O2. The first-order valence-corrected chi connectivity index (χ1v) is 12.2. The van der Waals surface area contributed by atoms with Gasteiger partial charge < -0.3 is 20.4 Å². The number of nitrogens with zero attached hydrogens (tertiary/aromatic N) is 2. The predicted octanol–water partition coefficient (Wildman–Crippen LogP) is 5.12. The standard InChI is InChI=1S/C28H26F3N5O2/c29-28(30,31)25-18-34-27(36-25)22-9-10-24(38-13-3-7-20-6-2-12-33-17-20)23(15-22)35-26(37)11-8-19-4-1-5-21(14-19)16-32/h1,4-5,9-10,14-15,18,20,33H,2-3,6-7,12-13,17H2,(H,34,36)(H,35,37). The van der Waals surface area contributed by atoms with E-state index in [-0.39, 0.29) is 11.5 Å². The number of H-pyrrole nitrogens is 1. The van der Waals surface area contributed by atoms with Crippen molar-refractivity contribution in [2.24, 2.45) is 5.92 Å². The second kappa shape index (κ2) is 12.3. The van der Waals surface area contributed by atoms with Gasteiger partial charge in [-0.1, -0.05) is 12.0 Å². The van der Waals surface area contributed by atoms with Gasteiger partial charge in [-0.05, 0) is 81.1 Å². The lowest BCUT2D eigenvalue weighted by molar-refractivity contribution is -0.140. The summed E-state index contributed by atoms with van der Waals surface area (Å²) in [6.07, 6.45) is 0.336. The molecule has 0 bridgehead atoms. The summed E-state index contributed by atoms with van der Waals surface area (Å²) in [5, 5.41) is 15.1. The first kappa shape index (κ1) is 26.8. The highest BCUT2D eigenvalue weighted by molar-refractivity contribution is 6.05. The number of alkyl halides is 3. The summed E-state index contributed by atoms with van der Waals surface area (Å²) in [6, 6.07) is 13.2. The molecule has 1 amide bonds. The minimum absolute atomic E-state index is 0.00331. The van der Waals surface area contributed by atoms with E-state index < -0.39 is 17.8 Å². The van der Waals surface area contributed by atoms with Gasteiger partial charge >= 0.3 is 12.1 Å². The SMILES string of the molecule is N#Cc1cccc(C#CC(=O)Nc2cc(-c3ncc(C(F)(F)F)[nH]3)ccc2OCCCC2CCCNC2)c1. The number of anilines is 1. The summed E-state index contributed by atoms with van der Waals surface area (Å²) in [5.41, 5.74) is 0.544. The minimum atomic E-state index is -4.56. The largest absolute Gasteiger partial charge is 0.491 e. The van der Waals surface area contributed by atoms with Crippen molar-refractivity contribution in [3.8, 4) is 35.0 Å². The Hall–Kier alpha value is -4.28. The van der Waals surface area contributed by atoms with Crippen molar-refractivity contribution in [1.82, 2.24) is 15.3 Å². The Morgan fingerprint density at radius 2 is 2.05 bits per heavy atom. The number of amides is 1. The van der Waals surface area contributed by atoms with E-state index in [0.29, 0.717) is 35.0 Å². The number of aromatic amines is 1. The molecule has 196 valence electrons. The highest BCUT2D eigenvalue weighted by atomic mass is 19.4. The predicted molar refractivity (Wildman–Crippen MR) is 136 cm³/mol. The molecule has 10 heteroatoms. The molecule has 0 spiro atoms. The van der Waals surface area contributed by atoms with Crippen LogP contribution in [0.25, 0.3) is 11.4 Å². The van der Waals surface area contributed by atoms with Crippen LogP contribution in [-0.2, 0) is 11.0 Å². The van der Waals surface area contributed by atoms with Crippen molar-refractivity contribution in [3.63, 3.8) is 0 Å². The molecule has 1 aliphatic rings. The number of halogens is 3. The highest BCUT2D eigenvalue weighted by Crippen LogP contribution is 2.33. The third-order valence-electron chi connectivity index (χ3n) is 6.11. The molecular weight excluding hydrogens is 495 g/mol. The van der Waals surface area contributed by atoms with Gasteiger partial charge in [0, 0.05) is 17.0 Å². The first-order valence-electron chi connectivity index (χ1n) is 12.2. The van der Waals surface area contributed by atoms with Gasteiger partial charge in [-0.3, -0.25) is 4.79 Å². The van der Waals surface area contributed by atoms with Gasteiger partial charge in [0.15, 0.2) is 0 Å². The van der Waals surface area contributed by atoms with Crippen LogP contribution < -0.4 is 15.4 Å². The van der Waals surface area contributed by atoms with Gasteiger partial charge in [0.05, 0.1) is 30.1 Å². The van der Waals surface area contributed by atoms with Crippen molar-refractivity contribution in [1.29, 1.82) is 5.26 Å². The Balaban J connectivity index is 1.50. The second-order valence-corrected chi connectivity index (χ2v) is 8.95. The van der Waals surface area contributed by atoms with Crippen LogP contribution in [-0.4, -0.2) is 35.6 Å². The number of hydrogen-bond acceptors (Lipinski definition) is 5. The lowest BCUT2D eigenvalue weighted by Gasteiger charge is -2.22. The molecule has 1 atom stereocenters. The fourth-order valence-electron chi connectivity index (χ4n) is 4.19. The smallest absolute Gasteiger partial charge is 0.432 e. The molecule has 2 heterocycles. The molecule has 1 unspecified atom stereocenters. The number of nitriles is 1. The molecule has 3 aromatic rings. The maximum Gasteiger partial charge on any atom is 0.432 e. The number of piperidine rings is 1. The molecule has 2 aromatic carbocycles. The summed E-state index contributed by atoms with van der Waals surface area (Å²) >= 11 is 0. The third-order valence-corrected chi connectivity index (χ3v) is 6.11. The summed E-state index contributed by atoms with van der Waals surface area (Å²) in [5.74, 6) is 5.53. The Kier molecular flexibility index (Phi) is 8.67. The Bertz CT molecular complexity index is 1380. The number of aromatic nitrogens is 2. The van der Waals surface area contributed by atoms with E-state index in [1.807, 2.05) is 6.07 Å². The van der Waals surface area contributed by atoms with Gasteiger partial charge in [0.1, 0.15) is 17.3 Å². The number of rotatable bonds is 7. The van der Waals surface area contributed by atoms with E-state index >= 15 is 0 Å². The van der Waals surface area contributed by atoms with Gasteiger partial charge in [-0.2, -0.15) is 18.4 Å². The molecule has 0 radical (unpaired) electrons. The van der Waals surface area contributed by atoms with E-state index in [4.69, 9.17) is 10.00 Å². The number of hydrogen-bond donors (Lipinski definition) is 3. The summed E-state index contributed by atoms with van der Waals surface area (Å²) in [6.45, 7) is 2.47. The minimum Gasteiger partial charge on any atom is -0.491 e. The maximum absolute atomic E-state index is 13.0. The van der Waals surface area contributed by atoms with Crippen molar-refractivity contribution in [3.05, 3.63) is 65.5 Å². The zero-order valence-corrected chi connectivity index (χ0v) is 20.5. The molecule has 3 N–H and O–H groups in total. The van der Waals surface area contributed by atoms with Crippen LogP contribution in [0.2, 0.25) is 0 Å². The van der Waals surface area contributed by atoms with Crippen molar-refractivity contribution in [2.75, 3.05) is 25.0 Å². The molecule has 7 nitrogen and oxygen atoms in total. The fraction of sp³-hybridized carbons (Fsp3) is 0.321.